The molecule has 2 rings (SSSR count). The molecule has 1 saturated heterocycles. The fourth-order valence-electron chi connectivity index (χ4n) is 2.17. The molecule has 2 fully saturated rings. The van der Waals surface area contributed by atoms with Crippen molar-refractivity contribution in [1.29, 1.82) is 0 Å². The predicted octanol–water partition coefficient (Wildman–Crippen LogP) is 2.15. The zero-order chi connectivity index (χ0) is 12.3. The largest absolute Gasteiger partial charge is 0.378 e. The lowest BCUT2D eigenvalue weighted by atomic mass is 10.0. The Balaban J connectivity index is 1.70. The number of nitrogens with one attached hydrogen (secondary N) is 2. The summed E-state index contributed by atoms with van der Waals surface area (Å²) >= 11 is 3.21. The van der Waals surface area contributed by atoms with E-state index in [1.807, 2.05) is 0 Å². The molecule has 1 saturated carbocycles. The van der Waals surface area contributed by atoms with Gasteiger partial charge in [0.25, 0.3) is 0 Å². The molecule has 1 aliphatic carbocycles. The first-order valence-corrected chi connectivity index (χ1v) is 6.93. The monoisotopic (exact) mass is 302 g/mol. The molecule has 1 heterocycles. The van der Waals surface area contributed by atoms with Gasteiger partial charge in [-0.05, 0) is 31.6 Å². The molecule has 2 amide bonds. The van der Waals surface area contributed by atoms with Crippen LogP contribution in [0.1, 0.15) is 25.7 Å². The number of hydrogen-bond acceptors (Lipinski definition) is 2. The van der Waals surface area contributed by atoms with Crippen molar-refractivity contribution in [2.24, 2.45) is 5.92 Å². The third kappa shape index (κ3) is 4.32. The quantitative estimate of drug-likeness (QED) is 0.836. The van der Waals surface area contributed by atoms with Crippen LogP contribution in [-0.2, 0) is 4.74 Å². The molecule has 0 aromatic heterocycles. The molecule has 0 aromatic carbocycles. The molecule has 0 radical (unpaired) electrons. The summed E-state index contributed by atoms with van der Waals surface area (Å²) < 4.78 is 6.49. The van der Waals surface area contributed by atoms with Crippen molar-refractivity contribution in [3.8, 4) is 0 Å². The second kappa shape index (κ2) is 5.87. The molecule has 1 aliphatic heterocycles. The number of halogens is 1. The molecule has 0 spiro atoms. The molecule has 2 atom stereocenters. The van der Waals surface area contributed by atoms with Crippen LogP contribution in [-0.4, -0.2) is 31.3 Å². The van der Waals surface area contributed by atoms with Crippen LogP contribution in [0.4, 0.5) is 4.79 Å². The summed E-state index contributed by atoms with van der Waals surface area (Å²) in [5.74, 6) is 0.741. The normalized spacial score (nSPS) is 28.5. The van der Waals surface area contributed by atoms with Crippen LogP contribution < -0.4 is 10.6 Å². The number of carbonyl (C=O) groups excluding carboxylic acids is 1. The van der Waals surface area contributed by atoms with Crippen molar-refractivity contribution in [1.82, 2.24) is 10.6 Å². The Kier molecular flexibility index (Phi) is 4.45. The van der Waals surface area contributed by atoms with Crippen LogP contribution in [0.25, 0.3) is 0 Å². The van der Waals surface area contributed by atoms with Gasteiger partial charge < -0.3 is 15.4 Å². The fraction of sp³-hybridized carbons (Fsp3) is 0.750. The average molecular weight is 303 g/mol. The van der Waals surface area contributed by atoms with Crippen molar-refractivity contribution in [3.63, 3.8) is 0 Å². The Morgan fingerprint density at radius 2 is 2.18 bits per heavy atom. The highest BCUT2D eigenvalue weighted by molar-refractivity contribution is 9.11. The van der Waals surface area contributed by atoms with Gasteiger partial charge in [0, 0.05) is 17.1 Å². The standard InChI is InChI=1S/C12H19BrN2O2/c1-8(13)7-14-12(16)15-10-4-5-17-11(6-10)9-2-3-9/h9-11H,1-7H2,(H2,14,15,16). The molecule has 5 heteroatoms. The topological polar surface area (TPSA) is 50.4 Å². The van der Waals surface area contributed by atoms with E-state index in [2.05, 4.69) is 33.1 Å². The van der Waals surface area contributed by atoms with Gasteiger partial charge in [-0.15, -0.1) is 0 Å². The van der Waals surface area contributed by atoms with Crippen LogP contribution in [0.3, 0.4) is 0 Å². The minimum Gasteiger partial charge on any atom is -0.378 e. The summed E-state index contributed by atoms with van der Waals surface area (Å²) in [6.45, 7) is 4.89. The summed E-state index contributed by atoms with van der Waals surface area (Å²) in [7, 11) is 0. The van der Waals surface area contributed by atoms with E-state index < -0.39 is 0 Å². The first-order chi connectivity index (χ1) is 8.15. The average Bonchev–Trinajstić information content (AvgIpc) is 3.10. The van der Waals surface area contributed by atoms with Crippen LogP contribution >= 0.6 is 15.9 Å². The summed E-state index contributed by atoms with van der Waals surface area (Å²) in [6, 6.07) is 0.130. The van der Waals surface area contributed by atoms with Crippen molar-refractivity contribution in [2.75, 3.05) is 13.2 Å². The van der Waals surface area contributed by atoms with E-state index >= 15 is 0 Å². The maximum atomic E-state index is 11.6. The molecule has 4 nitrogen and oxygen atoms in total. The highest BCUT2D eigenvalue weighted by Crippen LogP contribution is 2.38. The maximum absolute atomic E-state index is 11.6. The van der Waals surface area contributed by atoms with Crippen molar-refractivity contribution in [3.05, 3.63) is 11.1 Å². The van der Waals surface area contributed by atoms with Gasteiger partial charge in [0.2, 0.25) is 0 Å². The maximum Gasteiger partial charge on any atom is 0.315 e. The second-order valence-electron chi connectivity index (χ2n) is 4.81. The SMILES string of the molecule is C=C(Br)CNC(=O)NC1CCOC(C2CC2)C1. The first kappa shape index (κ1) is 12.9. The zero-order valence-electron chi connectivity index (χ0n) is 9.88. The Hall–Kier alpha value is -0.550. The minimum absolute atomic E-state index is 0.118. The van der Waals surface area contributed by atoms with E-state index in [0.717, 1.165) is 29.8 Å². The van der Waals surface area contributed by atoms with E-state index in [1.54, 1.807) is 0 Å². The van der Waals surface area contributed by atoms with Crippen LogP contribution in [0, 0.1) is 5.92 Å². The van der Waals surface area contributed by atoms with Crippen LogP contribution in [0.2, 0.25) is 0 Å². The third-order valence-electron chi connectivity index (χ3n) is 3.24. The van der Waals surface area contributed by atoms with E-state index in [0.29, 0.717) is 12.6 Å². The van der Waals surface area contributed by atoms with E-state index in [4.69, 9.17) is 4.74 Å². The second-order valence-corrected chi connectivity index (χ2v) is 5.93. The van der Waals surface area contributed by atoms with Gasteiger partial charge in [0.15, 0.2) is 0 Å². The number of hydrogen-bond donors (Lipinski definition) is 2. The lowest BCUT2D eigenvalue weighted by molar-refractivity contribution is -0.00912. The molecule has 0 bridgehead atoms. The summed E-state index contributed by atoms with van der Waals surface area (Å²) in [6.07, 6.45) is 4.79. The fourth-order valence-corrected chi connectivity index (χ4v) is 2.31. The van der Waals surface area contributed by atoms with Gasteiger partial charge in [-0.2, -0.15) is 0 Å². The van der Waals surface area contributed by atoms with Crippen molar-refractivity contribution >= 4 is 22.0 Å². The minimum atomic E-state index is -0.118. The molecule has 2 aliphatic rings. The molecule has 0 aromatic rings. The summed E-state index contributed by atoms with van der Waals surface area (Å²) in [5.41, 5.74) is 0. The molecule has 2 unspecified atom stereocenters. The Morgan fingerprint density at radius 1 is 1.41 bits per heavy atom. The van der Waals surface area contributed by atoms with E-state index in [-0.39, 0.29) is 12.1 Å². The van der Waals surface area contributed by atoms with E-state index in [9.17, 15) is 4.79 Å². The number of carbonyl (C=O) groups is 1. The molecule has 17 heavy (non-hydrogen) atoms. The van der Waals surface area contributed by atoms with Gasteiger partial charge in [0.05, 0.1) is 12.6 Å². The number of ether oxygens (including phenoxy) is 1. The highest BCUT2D eigenvalue weighted by Gasteiger charge is 2.36. The van der Waals surface area contributed by atoms with Gasteiger partial charge in [0.1, 0.15) is 0 Å². The van der Waals surface area contributed by atoms with Crippen molar-refractivity contribution < 1.29 is 9.53 Å². The third-order valence-corrected chi connectivity index (χ3v) is 3.52. The molecule has 2 N–H and O–H groups in total. The van der Waals surface area contributed by atoms with Gasteiger partial charge in [-0.3, -0.25) is 0 Å². The van der Waals surface area contributed by atoms with E-state index in [1.165, 1.54) is 12.8 Å². The summed E-state index contributed by atoms with van der Waals surface area (Å²) in [4.78, 5) is 11.6. The number of rotatable bonds is 4. The first-order valence-electron chi connectivity index (χ1n) is 6.14. The Bertz CT molecular complexity index is 305. The molecular weight excluding hydrogens is 284 g/mol. The molecule has 96 valence electrons. The highest BCUT2D eigenvalue weighted by atomic mass is 79.9. The smallest absolute Gasteiger partial charge is 0.315 e. The zero-order valence-corrected chi connectivity index (χ0v) is 11.5. The Morgan fingerprint density at radius 3 is 2.82 bits per heavy atom. The Labute approximate surface area is 110 Å². The van der Waals surface area contributed by atoms with Crippen molar-refractivity contribution in [2.45, 2.75) is 37.8 Å². The lowest BCUT2D eigenvalue weighted by Gasteiger charge is -2.30. The van der Waals surface area contributed by atoms with Gasteiger partial charge in [-0.1, -0.05) is 22.5 Å². The van der Waals surface area contributed by atoms with Gasteiger partial charge >= 0.3 is 6.03 Å². The summed E-state index contributed by atoms with van der Waals surface area (Å²) in [5, 5.41) is 5.75. The van der Waals surface area contributed by atoms with Crippen LogP contribution in [0.5, 0.6) is 0 Å². The van der Waals surface area contributed by atoms with Crippen LogP contribution in [0.15, 0.2) is 11.1 Å². The molecular formula is C12H19BrN2O2. The lowest BCUT2D eigenvalue weighted by Crippen LogP contribution is -2.46. The van der Waals surface area contributed by atoms with Gasteiger partial charge in [-0.25, -0.2) is 4.79 Å². The predicted molar refractivity (Wildman–Crippen MR) is 70.1 cm³/mol. The number of amides is 2. The number of urea groups is 1.